The van der Waals surface area contributed by atoms with Crippen molar-refractivity contribution in [1.82, 2.24) is 5.32 Å². The number of carbonyl (C=O) groups excluding carboxylic acids is 1. The number of hydrogen-bond donors (Lipinski definition) is 1. The highest BCUT2D eigenvalue weighted by Crippen LogP contribution is 2.18. The highest BCUT2D eigenvalue weighted by molar-refractivity contribution is 7.92. The molecule has 24 heavy (non-hydrogen) atoms. The largest absolute Gasteiger partial charge is 0.348 e. The normalized spacial score (nSPS) is 11.1. The Morgan fingerprint density at radius 1 is 1.12 bits per heavy atom. The average molecular weight is 367 g/mol. The summed E-state index contributed by atoms with van der Waals surface area (Å²) in [4.78, 5) is 12.2. The summed E-state index contributed by atoms with van der Waals surface area (Å²) in [6, 6.07) is 13.7. The number of nitrogens with zero attached hydrogens (tertiary/aromatic N) is 1. The van der Waals surface area contributed by atoms with Crippen molar-refractivity contribution in [1.29, 1.82) is 0 Å². The van der Waals surface area contributed by atoms with Crippen LogP contribution in [0.3, 0.4) is 0 Å². The summed E-state index contributed by atoms with van der Waals surface area (Å²) in [5.41, 5.74) is 1.80. The molecule has 0 atom stereocenters. The third-order valence-corrected chi connectivity index (χ3v) is 5.82. The number of benzene rings is 2. The summed E-state index contributed by atoms with van der Waals surface area (Å²) in [7, 11) is -1.83. The van der Waals surface area contributed by atoms with Gasteiger partial charge in [0, 0.05) is 24.2 Å². The van der Waals surface area contributed by atoms with E-state index in [-0.39, 0.29) is 11.7 Å². The summed E-state index contributed by atoms with van der Waals surface area (Å²) >= 11 is 6.05. The minimum absolute atomic E-state index is 0.0174. The van der Waals surface area contributed by atoms with Crippen LogP contribution in [0, 0.1) is 0 Å². The van der Waals surface area contributed by atoms with E-state index in [0.717, 1.165) is 5.56 Å². The standard InChI is InChI=1S/C17H19ClN2O3S/c1-3-24(22,23)20(2)15-10-8-13(9-11-15)17(21)19-12-14-6-4-5-7-16(14)18/h4-11H,3,12H2,1-2H3,(H,19,21). The highest BCUT2D eigenvalue weighted by atomic mass is 35.5. The number of hydrogen-bond acceptors (Lipinski definition) is 3. The zero-order valence-electron chi connectivity index (χ0n) is 13.5. The maximum absolute atomic E-state index is 12.2. The Kier molecular flexibility index (Phi) is 5.85. The van der Waals surface area contributed by atoms with Crippen molar-refractivity contribution in [2.75, 3.05) is 17.1 Å². The summed E-state index contributed by atoms with van der Waals surface area (Å²) in [5.74, 6) is -0.230. The van der Waals surface area contributed by atoms with E-state index in [2.05, 4.69) is 5.32 Å². The van der Waals surface area contributed by atoms with Crippen molar-refractivity contribution in [2.24, 2.45) is 0 Å². The third-order valence-electron chi connectivity index (χ3n) is 3.67. The fourth-order valence-electron chi connectivity index (χ4n) is 2.10. The van der Waals surface area contributed by atoms with Crippen LogP contribution in [0.5, 0.6) is 0 Å². The van der Waals surface area contributed by atoms with Gasteiger partial charge in [0.05, 0.1) is 11.4 Å². The van der Waals surface area contributed by atoms with Crippen LogP contribution in [-0.4, -0.2) is 27.1 Å². The van der Waals surface area contributed by atoms with Crippen molar-refractivity contribution in [2.45, 2.75) is 13.5 Å². The second kappa shape index (κ2) is 7.68. The Bertz CT molecular complexity index is 820. The minimum Gasteiger partial charge on any atom is -0.348 e. The molecule has 2 aromatic rings. The van der Waals surface area contributed by atoms with E-state index in [9.17, 15) is 13.2 Å². The Balaban J connectivity index is 2.05. The molecule has 0 fully saturated rings. The fraction of sp³-hybridized carbons (Fsp3) is 0.235. The van der Waals surface area contributed by atoms with Crippen LogP contribution in [0.25, 0.3) is 0 Å². The van der Waals surface area contributed by atoms with E-state index in [4.69, 9.17) is 11.6 Å². The molecule has 128 valence electrons. The molecule has 0 saturated carbocycles. The molecule has 7 heteroatoms. The van der Waals surface area contributed by atoms with Crippen molar-refractivity contribution in [3.8, 4) is 0 Å². The Hall–Kier alpha value is -2.05. The first kappa shape index (κ1) is 18.3. The van der Waals surface area contributed by atoms with Gasteiger partial charge in [-0.15, -0.1) is 0 Å². The molecule has 0 bridgehead atoms. The predicted molar refractivity (Wildman–Crippen MR) is 96.9 cm³/mol. The molecule has 1 N–H and O–H groups in total. The van der Waals surface area contributed by atoms with E-state index < -0.39 is 10.0 Å². The quantitative estimate of drug-likeness (QED) is 0.854. The molecule has 0 unspecified atom stereocenters. The molecule has 0 aliphatic rings. The molecule has 0 spiro atoms. The molecular formula is C17H19ClN2O3S. The zero-order valence-corrected chi connectivity index (χ0v) is 15.1. The minimum atomic E-state index is -3.32. The number of nitrogens with one attached hydrogen (secondary N) is 1. The summed E-state index contributed by atoms with van der Waals surface area (Å²) in [5, 5.41) is 3.39. The van der Waals surface area contributed by atoms with E-state index >= 15 is 0 Å². The van der Waals surface area contributed by atoms with Crippen molar-refractivity contribution in [3.05, 3.63) is 64.7 Å². The molecule has 0 aliphatic heterocycles. The van der Waals surface area contributed by atoms with Crippen LogP contribution in [0.2, 0.25) is 5.02 Å². The van der Waals surface area contributed by atoms with E-state index in [1.165, 1.54) is 11.4 Å². The molecule has 0 saturated heterocycles. The van der Waals surface area contributed by atoms with E-state index in [0.29, 0.717) is 22.8 Å². The van der Waals surface area contributed by atoms with Crippen LogP contribution in [0.4, 0.5) is 5.69 Å². The first-order valence-corrected chi connectivity index (χ1v) is 9.42. The molecule has 0 radical (unpaired) electrons. The van der Waals surface area contributed by atoms with Gasteiger partial charge in [-0.25, -0.2) is 8.42 Å². The van der Waals surface area contributed by atoms with Crippen molar-refractivity contribution < 1.29 is 13.2 Å². The van der Waals surface area contributed by atoms with Crippen LogP contribution in [0.1, 0.15) is 22.8 Å². The second-order valence-corrected chi connectivity index (χ2v) is 7.89. The molecule has 0 aliphatic carbocycles. The van der Waals surface area contributed by atoms with Gasteiger partial charge < -0.3 is 5.32 Å². The van der Waals surface area contributed by atoms with Gasteiger partial charge in [0.1, 0.15) is 0 Å². The lowest BCUT2D eigenvalue weighted by Crippen LogP contribution is -2.28. The van der Waals surface area contributed by atoms with Crippen molar-refractivity contribution in [3.63, 3.8) is 0 Å². The third kappa shape index (κ3) is 4.27. The molecule has 2 aromatic carbocycles. The lowest BCUT2D eigenvalue weighted by atomic mass is 10.1. The van der Waals surface area contributed by atoms with Crippen LogP contribution in [-0.2, 0) is 16.6 Å². The summed E-state index contributed by atoms with van der Waals surface area (Å²) < 4.78 is 24.9. The average Bonchev–Trinajstić information content (AvgIpc) is 2.60. The summed E-state index contributed by atoms with van der Waals surface area (Å²) in [6.07, 6.45) is 0. The van der Waals surface area contributed by atoms with Gasteiger partial charge in [0.25, 0.3) is 5.91 Å². The number of anilines is 1. The maximum atomic E-state index is 12.2. The Labute approximate surface area is 147 Å². The monoisotopic (exact) mass is 366 g/mol. The SMILES string of the molecule is CCS(=O)(=O)N(C)c1ccc(C(=O)NCc2ccccc2Cl)cc1. The predicted octanol–water partition coefficient (Wildman–Crippen LogP) is 3.06. The van der Waals surface area contributed by atoms with Gasteiger partial charge in [0.2, 0.25) is 10.0 Å². The molecule has 0 heterocycles. The van der Waals surface area contributed by atoms with Gasteiger partial charge in [0.15, 0.2) is 0 Å². The van der Waals surface area contributed by atoms with Crippen LogP contribution >= 0.6 is 11.6 Å². The first-order valence-electron chi connectivity index (χ1n) is 7.43. The van der Waals surface area contributed by atoms with E-state index in [1.807, 2.05) is 18.2 Å². The molecule has 5 nitrogen and oxygen atoms in total. The van der Waals surface area contributed by atoms with Crippen LogP contribution < -0.4 is 9.62 Å². The highest BCUT2D eigenvalue weighted by Gasteiger charge is 2.16. The molecule has 2 rings (SSSR count). The topological polar surface area (TPSA) is 66.5 Å². The number of sulfonamides is 1. The maximum Gasteiger partial charge on any atom is 0.251 e. The number of halogens is 1. The Morgan fingerprint density at radius 2 is 1.75 bits per heavy atom. The second-order valence-electron chi connectivity index (χ2n) is 5.19. The smallest absolute Gasteiger partial charge is 0.251 e. The molecular weight excluding hydrogens is 348 g/mol. The number of carbonyl (C=O) groups is 1. The first-order chi connectivity index (χ1) is 11.3. The van der Waals surface area contributed by atoms with Gasteiger partial charge in [-0.1, -0.05) is 29.8 Å². The number of rotatable bonds is 6. The van der Waals surface area contributed by atoms with Crippen molar-refractivity contribution >= 4 is 33.2 Å². The zero-order chi connectivity index (χ0) is 17.7. The Morgan fingerprint density at radius 3 is 2.33 bits per heavy atom. The molecule has 0 aromatic heterocycles. The lowest BCUT2D eigenvalue weighted by Gasteiger charge is -2.18. The summed E-state index contributed by atoms with van der Waals surface area (Å²) in [6.45, 7) is 1.91. The van der Waals surface area contributed by atoms with Gasteiger partial charge in [-0.3, -0.25) is 9.10 Å². The van der Waals surface area contributed by atoms with Gasteiger partial charge in [-0.2, -0.15) is 0 Å². The number of amides is 1. The fourth-order valence-corrected chi connectivity index (χ4v) is 3.13. The lowest BCUT2D eigenvalue weighted by molar-refractivity contribution is 0.0951. The van der Waals surface area contributed by atoms with Gasteiger partial charge in [-0.05, 0) is 42.8 Å². The van der Waals surface area contributed by atoms with Gasteiger partial charge >= 0.3 is 0 Å². The molecule has 1 amide bonds. The van der Waals surface area contributed by atoms with Crippen LogP contribution in [0.15, 0.2) is 48.5 Å². The van der Waals surface area contributed by atoms with E-state index in [1.54, 1.807) is 37.3 Å².